The lowest BCUT2D eigenvalue weighted by atomic mass is 9.47. The zero-order valence-electron chi connectivity index (χ0n) is 15.3. The first-order valence-corrected chi connectivity index (χ1v) is 9.68. The lowest BCUT2D eigenvalue weighted by Gasteiger charge is -2.55. The van der Waals surface area contributed by atoms with E-state index in [2.05, 4.69) is 15.9 Å². The Morgan fingerprint density at radius 3 is 3.00 bits per heavy atom. The molecule has 0 aromatic rings. The van der Waals surface area contributed by atoms with Gasteiger partial charge in [0.2, 0.25) is 0 Å². The maximum Gasteiger partial charge on any atom is 0.155 e. The Morgan fingerprint density at radius 2 is 2.17 bits per heavy atom. The number of carbonyl (C=O) groups is 2. The summed E-state index contributed by atoms with van der Waals surface area (Å²) in [5.74, 6) is 0.406. The summed E-state index contributed by atoms with van der Waals surface area (Å²) in [4.78, 5) is 24.7. The molecule has 7 atom stereocenters. The fourth-order valence-corrected chi connectivity index (χ4v) is 7.19. The second-order valence-corrected chi connectivity index (χ2v) is 9.45. The smallest absolute Gasteiger partial charge is 0.155 e. The van der Waals surface area contributed by atoms with Crippen molar-refractivity contribution in [3.8, 4) is 0 Å². The van der Waals surface area contributed by atoms with Gasteiger partial charge >= 0.3 is 0 Å². The van der Waals surface area contributed by atoms with Crippen molar-refractivity contribution in [3.63, 3.8) is 0 Å². The fourth-order valence-electron chi connectivity index (χ4n) is 6.26. The fraction of sp³-hybridized carbons (Fsp3) is 0.789. The highest BCUT2D eigenvalue weighted by atomic mass is 79.9. The Morgan fingerprint density at radius 1 is 1.35 bits per heavy atom. The number of carbonyl (C=O) groups excluding carboxylic acids is 2. The van der Waals surface area contributed by atoms with Crippen LogP contribution >= 0.6 is 15.9 Å². The number of rotatable bonds is 0. The SMILES string of the molecule is [2H]C1([2H])[C@@H]2[C@H](CC[C@]3(C)C(=O)[C@H](Br)C[C@@H]23)[C@@]23CCC(=O)C=C2[C@H]1OC3. The number of Topliss-reactive ketones (excluding diaryl/α,β-unsaturated/α-hetero) is 1. The van der Waals surface area contributed by atoms with E-state index in [1.807, 2.05) is 6.92 Å². The van der Waals surface area contributed by atoms with Gasteiger partial charge in [-0.2, -0.15) is 0 Å². The lowest BCUT2D eigenvalue weighted by molar-refractivity contribution is -0.131. The number of hydrogen-bond donors (Lipinski definition) is 0. The molecule has 3 nitrogen and oxygen atoms in total. The van der Waals surface area contributed by atoms with Crippen molar-refractivity contribution < 1.29 is 17.1 Å². The van der Waals surface area contributed by atoms with Crippen LogP contribution in [0.4, 0.5) is 0 Å². The van der Waals surface area contributed by atoms with E-state index in [1.54, 1.807) is 6.08 Å². The largest absolute Gasteiger partial charge is 0.373 e. The van der Waals surface area contributed by atoms with Crippen LogP contribution < -0.4 is 0 Å². The highest BCUT2D eigenvalue weighted by molar-refractivity contribution is 9.10. The third-order valence-electron chi connectivity index (χ3n) is 7.52. The molecule has 1 heterocycles. The molecule has 0 amide bonds. The molecule has 4 heteroatoms. The Balaban J connectivity index is 1.67. The zero-order valence-corrected chi connectivity index (χ0v) is 14.9. The molecule has 5 rings (SSSR count). The number of ether oxygens (including phenoxy) is 1. The van der Waals surface area contributed by atoms with E-state index in [1.165, 1.54) is 0 Å². The molecular formula is C19H23BrO3. The molecule has 1 saturated heterocycles. The Hall–Kier alpha value is -0.480. The van der Waals surface area contributed by atoms with Gasteiger partial charge in [0.1, 0.15) is 0 Å². The normalized spacial score (nSPS) is 57.8. The summed E-state index contributed by atoms with van der Waals surface area (Å²) in [6.07, 6.45) is 3.25. The third kappa shape index (κ3) is 1.70. The van der Waals surface area contributed by atoms with E-state index in [0.29, 0.717) is 13.0 Å². The summed E-state index contributed by atoms with van der Waals surface area (Å²) in [6, 6.07) is 0. The van der Waals surface area contributed by atoms with Gasteiger partial charge < -0.3 is 4.74 Å². The molecule has 0 spiro atoms. The molecular weight excluding hydrogens is 356 g/mol. The predicted octanol–water partition coefficient (Wildman–Crippen LogP) is 3.45. The summed E-state index contributed by atoms with van der Waals surface area (Å²) < 4.78 is 23.9. The van der Waals surface area contributed by atoms with Crippen LogP contribution in [-0.4, -0.2) is 29.1 Å². The topological polar surface area (TPSA) is 43.4 Å². The number of ketones is 2. The van der Waals surface area contributed by atoms with Crippen LogP contribution in [0, 0.1) is 28.6 Å². The van der Waals surface area contributed by atoms with Crippen molar-refractivity contribution in [1.29, 1.82) is 0 Å². The minimum atomic E-state index is -1.53. The van der Waals surface area contributed by atoms with Crippen molar-refractivity contribution in [3.05, 3.63) is 11.6 Å². The molecule has 3 saturated carbocycles. The van der Waals surface area contributed by atoms with Gasteiger partial charge in [-0.3, -0.25) is 9.59 Å². The molecule has 1 aliphatic heterocycles. The molecule has 5 aliphatic rings. The van der Waals surface area contributed by atoms with Gasteiger partial charge in [-0.25, -0.2) is 0 Å². The summed E-state index contributed by atoms with van der Waals surface area (Å²) in [5, 5.41) is 0. The van der Waals surface area contributed by atoms with Gasteiger partial charge in [-0.05, 0) is 61.5 Å². The molecule has 124 valence electrons. The van der Waals surface area contributed by atoms with Gasteiger partial charge in [0.15, 0.2) is 11.6 Å². The summed E-state index contributed by atoms with van der Waals surface area (Å²) in [5.41, 5.74) is 0.312. The average Bonchev–Trinajstić information content (AvgIpc) is 3.01. The Labute approximate surface area is 148 Å². The third-order valence-corrected chi connectivity index (χ3v) is 8.31. The molecule has 4 aliphatic carbocycles. The van der Waals surface area contributed by atoms with E-state index in [4.69, 9.17) is 7.48 Å². The van der Waals surface area contributed by atoms with Crippen LogP contribution in [0.5, 0.6) is 0 Å². The number of fused-ring (bicyclic) bond motifs is 3. The van der Waals surface area contributed by atoms with E-state index in [-0.39, 0.29) is 39.6 Å². The standard InChI is InChI=1S/C19H23BrO3/c1-18-4-3-12-11(13(18)8-15(20)17(18)22)7-16-14-6-10(21)2-5-19(12,14)9-23-16/h6,11-13,15-16H,2-5,7-9H2,1H3/t11-,12+,13+,15-,16+,18+,19+/m1/s1/i7D2. The molecule has 0 aromatic heterocycles. The molecule has 0 aromatic carbocycles. The average molecular weight is 381 g/mol. The van der Waals surface area contributed by atoms with Gasteiger partial charge in [0.25, 0.3) is 0 Å². The van der Waals surface area contributed by atoms with Crippen molar-refractivity contribution in [2.45, 2.75) is 56.3 Å². The van der Waals surface area contributed by atoms with Crippen LogP contribution in [0.3, 0.4) is 0 Å². The van der Waals surface area contributed by atoms with Crippen molar-refractivity contribution >= 4 is 27.5 Å². The second-order valence-electron chi connectivity index (χ2n) is 8.34. The van der Waals surface area contributed by atoms with E-state index in [9.17, 15) is 9.59 Å². The molecule has 4 fully saturated rings. The minimum absolute atomic E-state index is 0.0541. The first-order chi connectivity index (χ1) is 11.7. The quantitative estimate of drug-likeness (QED) is 0.604. The first-order valence-electron chi connectivity index (χ1n) is 9.77. The minimum Gasteiger partial charge on any atom is -0.373 e. The predicted molar refractivity (Wildman–Crippen MR) is 89.3 cm³/mol. The van der Waals surface area contributed by atoms with Crippen molar-refractivity contribution in [2.24, 2.45) is 28.6 Å². The van der Waals surface area contributed by atoms with Gasteiger partial charge in [-0.15, -0.1) is 0 Å². The number of hydrogen-bond acceptors (Lipinski definition) is 3. The highest BCUT2D eigenvalue weighted by Crippen LogP contribution is 2.67. The summed E-state index contributed by atoms with van der Waals surface area (Å²) in [7, 11) is 0. The monoisotopic (exact) mass is 380 g/mol. The molecule has 0 N–H and O–H groups in total. The van der Waals surface area contributed by atoms with E-state index >= 15 is 0 Å². The maximum absolute atomic E-state index is 12.8. The Bertz CT molecular complexity index is 719. The van der Waals surface area contributed by atoms with Crippen LogP contribution in [0.25, 0.3) is 0 Å². The van der Waals surface area contributed by atoms with E-state index < -0.39 is 17.9 Å². The second kappa shape index (κ2) is 4.57. The van der Waals surface area contributed by atoms with Crippen LogP contribution in [-0.2, 0) is 14.3 Å². The van der Waals surface area contributed by atoms with Crippen molar-refractivity contribution in [1.82, 2.24) is 0 Å². The zero-order chi connectivity index (χ0) is 17.8. The molecule has 23 heavy (non-hydrogen) atoms. The molecule has 0 radical (unpaired) electrons. The highest BCUT2D eigenvalue weighted by Gasteiger charge is 2.65. The first kappa shape index (κ1) is 12.8. The summed E-state index contributed by atoms with van der Waals surface area (Å²) >= 11 is 3.54. The van der Waals surface area contributed by atoms with Gasteiger partial charge in [0.05, 0.1) is 17.5 Å². The van der Waals surface area contributed by atoms with Crippen LogP contribution in [0.1, 0.15) is 48.1 Å². The van der Waals surface area contributed by atoms with Gasteiger partial charge in [0, 0.05) is 20.0 Å². The lowest BCUT2D eigenvalue weighted by Crippen LogP contribution is -2.52. The Kier molecular flexibility index (Phi) is 2.55. The molecule has 0 unspecified atom stereocenters. The van der Waals surface area contributed by atoms with Crippen LogP contribution in [0.15, 0.2) is 11.6 Å². The maximum atomic E-state index is 12.8. The number of halogens is 1. The van der Waals surface area contributed by atoms with Crippen molar-refractivity contribution in [2.75, 3.05) is 6.61 Å². The summed E-state index contributed by atoms with van der Waals surface area (Å²) in [6.45, 7) is 2.58. The molecule has 2 bridgehead atoms. The van der Waals surface area contributed by atoms with Crippen LogP contribution in [0.2, 0.25) is 0 Å². The number of alkyl halides is 1. The van der Waals surface area contributed by atoms with Gasteiger partial charge in [-0.1, -0.05) is 22.9 Å². The van der Waals surface area contributed by atoms with E-state index in [0.717, 1.165) is 31.3 Å².